The third-order valence-corrected chi connectivity index (χ3v) is 0.828. The van der Waals surface area contributed by atoms with Gasteiger partial charge in [0.2, 0.25) is 5.91 Å². The number of primary amides is 1. The van der Waals surface area contributed by atoms with Gasteiger partial charge in [0, 0.05) is 12.3 Å². The van der Waals surface area contributed by atoms with E-state index in [0.717, 1.165) is 0 Å². The van der Waals surface area contributed by atoms with Gasteiger partial charge in [0.1, 0.15) is 12.7 Å². The lowest BCUT2D eigenvalue weighted by Crippen LogP contribution is -2.06. The van der Waals surface area contributed by atoms with Crippen molar-refractivity contribution in [1.29, 1.82) is 0 Å². The van der Waals surface area contributed by atoms with Gasteiger partial charge >= 0.3 is 0 Å². The lowest BCUT2D eigenvalue weighted by Gasteiger charge is -1.84. The smallest absolute Gasteiger partial charge is 0.242 e. The Bertz CT molecular complexity index is 238. The number of hydrogen-bond donors (Lipinski definition) is 1. The first-order valence-electron chi connectivity index (χ1n) is 2.61. The summed E-state index contributed by atoms with van der Waals surface area (Å²) in [5.74, 6) is -0.504. The molecule has 0 fully saturated rings. The zero-order valence-corrected chi connectivity index (χ0v) is 5.14. The predicted octanol–water partition coefficient (Wildman–Crippen LogP) is -0.766. The maximum atomic E-state index is 10.2. The number of carbonyl (C=O) groups excluding carboxylic acids is 1. The predicted molar refractivity (Wildman–Crippen MR) is 34.5 cm³/mol. The van der Waals surface area contributed by atoms with Crippen LogP contribution in [0, 0.1) is 0 Å². The van der Waals surface area contributed by atoms with E-state index in [1.54, 1.807) is 0 Å². The Balaban J connectivity index is 2.64. The number of nitrogens with two attached hydrogens (primary N) is 1. The van der Waals surface area contributed by atoms with E-state index in [1.807, 2.05) is 0 Å². The van der Waals surface area contributed by atoms with Gasteiger partial charge in [-0.3, -0.25) is 4.79 Å². The summed E-state index contributed by atoms with van der Waals surface area (Å²) >= 11 is 0. The second kappa shape index (κ2) is 2.77. The summed E-state index contributed by atoms with van der Waals surface area (Å²) in [5.41, 5.74) is 4.82. The summed E-state index contributed by atoms with van der Waals surface area (Å²) in [6, 6.07) is 0. The van der Waals surface area contributed by atoms with Gasteiger partial charge in [0.15, 0.2) is 0 Å². The molecule has 0 atom stereocenters. The molecule has 0 saturated carbocycles. The van der Waals surface area contributed by atoms with Gasteiger partial charge in [-0.15, -0.1) is 0 Å². The molecule has 1 rings (SSSR count). The van der Waals surface area contributed by atoms with Gasteiger partial charge in [-0.25, -0.2) is 9.67 Å². The third kappa shape index (κ3) is 1.70. The largest absolute Gasteiger partial charge is 0.366 e. The van der Waals surface area contributed by atoms with Gasteiger partial charge in [0.25, 0.3) is 0 Å². The second-order valence-corrected chi connectivity index (χ2v) is 1.59. The van der Waals surface area contributed by atoms with Crippen molar-refractivity contribution in [2.24, 2.45) is 5.73 Å². The maximum Gasteiger partial charge on any atom is 0.242 e. The van der Waals surface area contributed by atoms with E-state index in [2.05, 4.69) is 10.1 Å². The highest BCUT2D eigenvalue weighted by Crippen LogP contribution is 1.79. The molecular formula is C5H6N4O. The van der Waals surface area contributed by atoms with Crippen molar-refractivity contribution >= 4 is 12.1 Å². The van der Waals surface area contributed by atoms with Crippen LogP contribution in [-0.2, 0) is 4.79 Å². The van der Waals surface area contributed by atoms with Gasteiger partial charge < -0.3 is 5.73 Å². The van der Waals surface area contributed by atoms with Crippen LogP contribution in [0.25, 0.3) is 6.20 Å². The Hall–Kier alpha value is -1.65. The first-order chi connectivity index (χ1) is 4.79. The molecule has 5 nitrogen and oxygen atoms in total. The molecule has 1 amide bonds. The van der Waals surface area contributed by atoms with Crippen molar-refractivity contribution in [2.75, 3.05) is 0 Å². The fourth-order valence-electron chi connectivity index (χ4n) is 0.444. The van der Waals surface area contributed by atoms with Crippen LogP contribution in [0.5, 0.6) is 0 Å². The molecule has 0 saturated heterocycles. The number of rotatable bonds is 2. The zero-order chi connectivity index (χ0) is 7.40. The van der Waals surface area contributed by atoms with E-state index in [1.165, 1.54) is 29.6 Å². The van der Waals surface area contributed by atoms with Crippen molar-refractivity contribution in [3.05, 3.63) is 18.7 Å². The standard InChI is InChI=1S/C5H6N4O/c6-5(10)1-2-9-4-7-3-8-9/h1-4H,(H2,6,10). The topological polar surface area (TPSA) is 73.8 Å². The normalized spacial score (nSPS) is 10.4. The molecular weight excluding hydrogens is 132 g/mol. The molecule has 0 unspecified atom stereocenters. The molecule has 5 heteroatoms. The van der Waals surface area contributed by atoms with Gasteiger partial charge in [0.05, 0.1) is 0 Å². The summed E-state index contributed by atoms with van der Waals surface area (Å²) in [7, 11) is 0. The highest BCUT2D eigenvalue weighted by Gasteiger charge is 1.83. The van der Waals surface area contributed by atoms with Crippen LogP contribution in [-0.4, -0.2) is 20.7 Å². The number of amides is 1. The minimum Gasteiger partial charge on any atom is -0.366 e. The molecule has 0 aromatic carbocycles. The fourth-order valence-corrected chi connectivity index (χ4v) is 0.444. The molecule has 2 N–H and O–H groups in total. The highest BCUT2D eigenvalue weighted by atomic mass is 16.1. The summed E-state index contributed by atoms with van der Waals surface area (Å²) in [4.78, 5) is 13.8. The van der Waals surface area contributed by atoms with E-state index < -0.39 is 5.91 Å². The molecule has 0 aliphatic heterocycles. The average molecular weight is 138 g/mol. The van der Waals surface area contributed by atoms with Crippen molar-refractivity contribution in [2.45, 2.75) is 0 Å². The zero-order valence-electron chi connectivity index (χ0n) is 5.14. The van der Waals surface area contributed by atoms with Crippen molar-refractivity contribution in [1.82, 2.24) is 14.8 Å². The SMILES string of the molecule is NC(=O)C=Cn1cncn1. The first kappa shape index (κ1) is 6.47. The van der Waals surface area contributed by atoms with Gasteiger partial charge in [-0.1, -0.05) is 0 Å². The van der Waals surface area contributed by atoms with Crippen molar-refractivity contribution in [3.63, 3.8) is 0 Å². The monoisotopic (exact) mass is 138 g/mol. The summed E-state index contributed by atoms with van der Waals surface area (Å²) in [5, 5.41) is 3.70. The van der Waals surface area contributed by atoms with Crippen molar-refractivity contribution in [3.8, 4) is 0 Å². The molecule has 52 valence electrons. The third-order valence-electron chi connectivity index (χ3n) is 0.828. The first-order valence-corrected chi connectivity index (χ1v) is 2.61. The summed E-state index contributed by atoms with van der Waals surface area (Å²) in [6.07, 6.45) is 5.45. The quantitative estimate of drug-likeness (QED) is 0.545. The number of aromatic nitrogens is 3. The molecule has 0 aliphatic carbocycles. The molecule has 1 heterocycles. The lowest BCUT2D eigenvalue weighted by molar-refractivity contribution is -0.113. The van der Waals surface area contributed by atoms with Crippen LogP contribution in [0.1, 0.15) is 0 Å². The molecule has 0 aliphatic rings. The number of carbonyl (C=O) groups is 1. The van der Waals surface area contributed by atoms with Crippen LogP contribution >= 0.6 is 0 Å². The summed E-state index contributed by atoms with van der Waals surface area (Å²) in [6.45, 7) is 0. The van der Waals surface area contributed by atoms with E-state index in [-0.39, 0.29) is 0 Å². The van der Waals surface area contributed by atoms with Crippen LogP contribution in [0.2, 0.25) is 0 Å². The van der Waals surface area contributed by atoms with Crippen LogP contribution in [0.15, 0.2) is 18.7 Å². The molecule has 10 heavy (non-hydrogen) atoms. The molecule has 0 radical (unpaired) electrons. The molecule has 0 bridgehead atoms. The van der Waals surface area contributed by atoms with Crippen LogP contribution < -0.4 is 5.73 Å². The highest BCUT2D eigenvalue weighted by molar-refractivity contribution is 5.88. The molecule has 1 aromatic rings. The lowest BCUT2D eigenvalue weighted by atomic mass is 10.6. The van der Waals surface area contributed by atoms with Gasteiger partial charge in [-0.05, 0) is 0 Å². The Morgan fingerprint density at radius 1 is 1.70 bits per heavy atom. The minimum absolute atomic E-state index is 0.504. The second-order valence-electron chi connectivity index (χ2n) is 1.59. The van der Waals surface area contributed by atoms with E-state index in [0.29, 0.717) is 0 Å². The van der Waals surface area contributed by atoms with E-state index in [9.17, 15) is 4.79 Å². The Kier molecular flexibility index (Phi) is 1.79. The van der Waals surface area contributed by atoms with E-state index in [4.69, 9.17) is 5.73 Å². The Labute approximate surface area is 57.2 Å². The van der Waals surface area contributed by atoms with Gasteiger partial charge in [-0.2, -0.15) is 5.10 Å². The summed E-state index contributed by atoms with van der Waals surface area (Å²) < 4.78 is 1.38. The van der Waals surface area contributed by atoms with Crippen LogP contribution in [0.3, 0.4) is 0 Å². The minimum atomic E-state index is -0.504. The maximum absolute atomic E-state index is 10.2. The van der Waals surface area contributed by atoms with Crippen LogP contribution in [0.4, 0.5) is 0 Å². The van der Waals surface area contributed by atoms with Crippen molar-refractivity contribution < 1.29 is 4.79 Å². The number of hydrogen-bond acceptors (Lipinski definition) is 3. The average Bonchev–Trinajstić information content (AvgIpc) is 2.34. The van der Waals surface area contributed by atoms with E-state index >= 15 is 0 Å². The number of nitrogens with zero attached hydrogens (tertiary/aromatic N) is 3. The Morgan fingerprint density at radius 3 is 3.00 bits per heavy atom. The Morgan fingerprint density at radius 2 is 2.50 bits per heavy atom. The fraction of sp³-hybridized carbons (Fsp3) is 0. The molecule has 1 aromatic heterocycles. The molecule has 0 spiro atoms.